The fraction of sp³-hybridized carbons (Fsp3) is 0.556. The zero-order valence-electron chi connectivity index (χ0n) is 14.7. The summed E-state index contributed by atoms with van der Waals surface area (Å²) in [5.74, 6) is -0.197. The highest BCUT2D eigenvalue weighted by molar-refractivity contribution is 5.94. The van der Waals surface area contributed by atoms with E-state index in [0.717, 1.165) is 39.1 Å². The van der Waals surface area contributed by atoms with Crippen molar-refractivity contribution in [2.24, 2.45) is 0 Å². The molecule has 0 aliphatic carbocycles. The van der Waals surface area contributed by atoms with E-state index < -0.39 is 0 Å². The molecule has 132 valence electrons. The lowest BCUT2D eigenvalue weighted by Crippen LogP contribution is -3.28. The van der Waals surface area contributed by atoms with Crippen LogP contribution in [-0.2, 0) is 11.3 Å². The molecule has 1 atom stereocenters. The van der Waals surface area contributed by atoms with Crippen LogP contribution in [0.3, 0.4) is 0 Å². The van der Waals surface area contributed by atoms with Crippen LogP contribution in [0.5, 0.6) is 0 Å². The number of benzene rings is 1. The lowest BCUT2D eigenvalue weighted by molar-refractivity contribution is -1.02. The van der Waals surface area contributed by atoms with Crippen LogP contribution >= 0.6 is 0 Å². The topological polar surface area (TPSA) is 67.1 Å². The molecular formula is C18H30N4O2+2. The fourth-order valence-corrected chi connectivity index (χ4v) is 2.96. The molecule has 0 bridgehead atoms. The van der Waals surface area contributed by atoms with Gasteiger partial charge >= 0.3 is 6.03 Å². The molecule has 3 amide bonds. The minimum absolute atomic E-state index is 0.0790. The predicted molar refractivity (Wildman–Crippen MR) is 92.8 cm³/mol. The van der Waals surface area contributed by atoms with Gasteiger partial charge in [-0.1, -0.05) is 37.3 Å². The van der Waals surface area contributed by atoms with Crippen molar-refractivity contribution in [2.75, 3.05) is 32.7 Å². The van der Waals surface area contributed by atoms with Crippen molar-refractivity contribution < 1.29 is 19.4 Å². The first kappa shape index (κ1) is 18.4. The van der Waals surface area contributed by atoms with Crippen LogP contribution in [0.25, 0.3) is 0 Å². The first-order chi connectivity index (χ1) is 11.6. The highest BCUT2D eigenvalue weighted by Gasteiger charge is 2.25. The Bertz CT molecular complexity index is 527. The maximum Gasteiger partial charge on any atom is 0.321 e. The number of amides is 3. The smallest absolute Gasteiger partial charge is 0.321 e. The molecule has 0 unspecified atom stereocenters. The SMILES string of the molecule is CC[C@H](C)NC(=O)NC(=O)C[NH+]1CC[NH+](Cc2ccccc2)CC1. The Labute approximate surface area is 144 Å². The average Bonchev–Trinajstić information content (AvgIpc) is 2.57. The number of urea groups is 1. The van der Waals surface area contributed by atoms with Crippen LogP contribution in [0.1, 0.15) is 25.8 Å². The number of hydrogen-bond donors (Lipinski definition) is 4. The second-order valence-electron chi connectivity index (χ2n) is 6.67. The second kappa shape index (κ2) is 9.39. The summed E-state index contributed by atoms with van der Waals surface area (Å²) in [6, 6.07) is 10.2. The third-order valence-electron chi connectivity index (χ3n) is 4.61. The lowest BCUT2D eigenvalue weighted by Gasteiger charge is -2.29. The van der Waals surface area contributed by atoms with Crippen LogP contribution in [0, 0.1) is 0 Å². The summed E-state index contributed by atoms with van der Waals surface area (Å²) in [6.07, 6.45) is 0.846. The van der Waals surface area contributed by atoms with Gasteiger partial charge in [-0.05, 0) is 13.3 Å². The number of rotatable bonds is 6. The van der Waals surface area contributed by atoms with Gasteiger partial charge in [0.15, 0.2) is 6.54 Å². The molecular weight excluding hydrogens is 304 g/mol. The molecule has 1 fully saturated rings. The minimum Gasteiger partial charge on any atom is -0.335 e. The summed E-state index contributed by atoms with van der Waals surface area (Å²) < 4.78 is 0. The van der Waals surface area contributed by atoms with Crippen LogP contribution in [-0.4, -0.2) is 50.7 Å². The normalized spacial score (nSPS) is 21.8. The van der Waals surface area contributed by atoms with E-state index in [-0.39, 0.29) is 18.0 Å². The number of nitrogens with one attached hydrogen (secondary N) is 4. The number of piperazine rings is 1. The second-order valence-corrected chi connectivity index (χ2v) is 6.67. The Balaban J connectivity index is 1.67. The molecule has 6 nitrogen and oxygen atoms in total. The molecule has 0 aromatic heterocycles. The van der Waals surface area contributed by atoms with Gasteiger partial charge in [0.05, 0.1) is 0 Å². The summed E-state index contributed by atoms with van der Waals surface area (Å²) in [5, 5.41) is 5.17. The number of carbonyl (C=O) groups excluding carboxylic acids is 2. The summed E-state index contributed by atoms with van der Waals surface area (Å²) >= 11 is 0. The number of carbonyl (C=O) groups is 2. The summed E-state index contributed by atoms with van der Waals surface area (Å²) in [4.78, 5) is 26.4. The maximum absolute atomic E-state index is 12.0. The molecule has 6 heteroatoms. The van der Waals surface area contributed by atoms with Gasteiger partial charge in [-0.25, -0.2) is 4.79 Å². The molecule has 2 rings (SSSR count). The minimum atomic E-state index is -0.387. The van der Waals surface area contributed by atoms with Crippen LogP contribution in [0.2, 0.25) is 0 Å². The average molecular weight is 334 g/mol. The van der Waals surface area contributed by atoms with Crippen molar-refractivity contribution in [2.45, 2.75) is 32.9 Å². The van der Waals surface area contributed by atoms with Crippen molar-refractivity contribution in [3.63, 3.8) is 0 Å². The Kier molecular flexibility index (Phi) is 7.21. The van der Waals surface area contributed by atoms with E-state index in [1.54, 1.807) is 4.90 Å². The van der Waals surface area contributed by atoms with Crippen molar-refractivity contribution >= 4 is 11.9 Å². The molecule has 1 aromatic rings. The molecule has 0 radical (unpaired) electrons. The van der Waals surface area contributed by atoms with Crippen LogP contribution in [0.15, 0.2) is 30.3 Å². The van der Waals surface area contributed by atoms with Gasteiger partial charge in [-0.3, -0.25) is 10.1 Å². The van der Waals surface area contributed by atoms with Crippen molar-refractivity contribution in [3.8, 4) is 0 Å². The first-order valence-corrected chi connectivity index (χ1v) is 8.88. The van der Waals surface area contributed by atoms with E-state index in [4.69, 9.17) is 0 Å². The van der Waals surface area contributed by atoms with E-state index in [1.807, 2.05) is 19.9 Å². The molecule has 1 aromatic carbocycles. The van der Waals surface area contributed by atoms with E-state index in [1.165, 1.54) is 10.5 Å². The van der Waals surface area contributed by atoms with Gasteiger partial charge in [0.2, 0.25) is 0 Å². The summed E-state index contributed by atoms with van der Waals surface area (Å²) in [6.45, 7) is 9.35. The molecule has 1 aliphatic heterocycles. The number of hydrogen-bond acceptors (Lipinski definition) is 2. The van der Waals surface area contributed by atoms with Crippen molar-refractivity contribution in [1.82, 2.24) is 10.6 Å². The highest BCUT2D eigenvalue weighted by Crippen LogP contribution is 1.95. The standard InChI is InChI=1S/C18H28N4O2/c1-3-15(2)19-18(24)20-17(23)14-22-11-9-21(10-12-22)13-16-7-5-4-6-8-16/h4-8,15H,3,9-14H2,1-2H3,(H2,19,20,23,24)/p+2/t15-/m0/s1. The van der Waals surface area contributed by atoms with Gasteiger partial charge in [0.1, 0.15) is 32.7 Å². The highest BCUT2D eigenvalue weighted by atomic mass is 16.2. The van der Waals surface area contributed by atoms with Crippen LogP contribution in [0.4, 0.5) is 4.79 Å². The zero-order chi connectivity index (χ0) is 17.4. The van der Waals surface area contributed by atoms with E-state index in [9.17, 15) is 9.59 Å². The number of imide groups is 1. The third kappa shape index (κ3) is 6.29. The lowest BCUT2D eigenvalue weighted by atomic mass is 10.2. The molecule has 0 spiro atoms. The quantitative estimate of drug-likeness (QED) is 0.517. The van der Waals surface area contributed by atoms with E-state index in [0.29, 0.717) is 6.54 Å². The van der Waals surface area contributed by atoms with Crippen molar-refractivity contribution in [3.05, 3.63) is 35.9 Å². The Morgan fingerprint density at radius 2 is 1.71 bits per heavy atom. The zero-order valence-corrected chi connectivity index (χ0v) is 14.7. The molecule has 1 aliphatic rings. The Morgan fingerprint density at radius 1 is 1.08 bits per heavy atom. The molecule has 1 heterocycles. The Hall–Kier alpha value is -1.92. The predicted octanol–water partition coefficient (Wildman–Crippen LogP) is -1.41. The molecule has 1 saturated heterocycles. The van der Waals surface area contributed by atoms with Gasteiger partial charge in [0, 0.05) is 11.6 Å². The summed E-state index contributed by atoms with van der Waals surface area (Å²) in [7, 11) is 0. The van der Waals surface area contributed by atoms with Crippen molar-refractivity contribution in [1.29, 1.82) is 0 Å². The first-order valence-electron chi connectivity index (χ1n) is 8.88. The maximum atomic E-state index is 12.0. The Morgan fingerprint density at radius 3 is 2.33 bits per heavy atom. The molecule has 4 N–H and O–H groups in total. The monoisotopic (exact) mass is 334 g/mol. The fourth-order valence-electron chi connectivity index (χ4n) is 2.96. The largest absolute Gasteiger partial charge is 0.335 e. The van der Waals surface area contributed by atoms with Gasteiger partial charge in [-0.2, -0.15) is 0 Å². The third-order valence-corrected chi connectivity index (χ3v) is 4.61. The summed E-state index contributed by atoms with van der Waals surface area (Å²) in [5.41, 5.74) is 1.36. The van der Waals surface area contributed by atoms with Crippen LogP contribution < -0.4 is 20.4 Å². The molecule has 0 saturated carbocycles. The van der Waals surface area contributed by atoms with Gasteiger partial charge in [-0.15, -0.1) is 0 Å². The number of quaternary nitrogens is 2. The van der Waals surface area contributed by atoms with E-state index in [2.05, 4.69) is 34.9 Å². The molecule has 24 heavy (non-hydrogen) atoms. The van der Waals surface area contributed by atoms with E-state index >= 15 is 0 Å². The van der Waals surface area contributed by atoms with Gasteiger partial charge in [0.25, 0.3) is 5.91 Å². The van der Waals surface area contributed by atoms with Gasteiger partial charge < -0.3 is 15.1 Å².